The molecule has 416 valence electrons. The van der Waals surface area contributed by atoms with Gasteiger partial charge in [-0.1, -0.05) is 60.7 Å². The first-order valence-corrected chi connectivity index (χ1v) is 27.8. The molecule has 0 saturated carbocycles. The normalized spacial score (nSPS) is 13.5. The van der Waals surface area contributed by atoms with Gasteiger partial charge in [-0.15, -0.1) is 0 Å². The quantitative estimate of drug-likeness (QED) is 0.0275. The molecule has 0 aliphatic rings. The molecule has 1 heterocycles. The highest BCUT2D eigenvalue weighted by Gasteiger charge is 2.34. The number of carbonyl (C=O) groups is 10. The van der Waals surface area contributed by atoms with Crippen LogP contribution in [0.4, 0.5) is 0 Å². The second-order valence-electron chi connectivity index (χ2n) is 17.3. The second kappa shape index (κ2) is 30.8. The largest absolute Gasteiger partial charge is 0.508 e. The number of H-pyrrole nitrogens is 1. The zero-order valence-electron chi connectivity index (χ0n) is 41.8. The average molecular weight is 1130 g/mol. The van der Waals surface area contributed by atoms with Crippen molar-refractivity contribution < 1.29 is 75.3 Å². The number of carboxylic acids is 1. The number of rotatable bonds is 32. The molecule has 6 atom stereocenters. The van der Waals surface area contributed by atoms with E-state index in [0.29, 0.717) is 33.3 Å². The molecular formula is C49H61N9O16S3. The van der Waals surface area contributed by atoms with E-state index in [1.165, 1.54) is 47.8 Å². The number of para-hydroxylation sites is 1. The van der Waals surface area contributed by atoms with E-state index in [9.17, 15) is 61.5 Å². The lowest BCUT2D eigenvalue weighted by Gasteiger charge is -2.26. The third kappa shape index (κ3) is 21.8. The minimum Gasteiger partial charge on any atom is -0.508 e. The number of fused-ring (bicyclic) bond motifs is 1. The van der Waals surface area contributed by atoms with Gasteiger partial charge in [0.2, 0.25) is 47.3 Å². The number of hydrogen-bond acceptors (Lipinski definition) is 16. The maximum Gasteiger partial charge on any atom is 0.448 e. The van der Waals surface area contributed by atoms with Crippen LogP contribution in [0.5, 0.6) is 5.75 Å². The molecule has 0 bridgehead atoms. The Balaban J connectivity index is 1.56. The zero-order chi connectivity index (χ0) is 56.7. The van der Waals surface area contributed by atoms with Crippen molar-refractivity contribution in [1.29, 1.82) is 0 Å². The standard InChI is InChI=1S/C49H61N9O16S3/c1-75-20-18-34(55-47(68)37(53-40(60)16-17-42(62)63)23-29-12-14-31(59)15-13-29)45(66)52-27-41(61)54-38(24-30-26-51-33-11-7-6-10-32(30)33)48(69)56-35(19-21-76-2)46(67)58-39(25-43(64)74-77(71,72)73)49(70)57-36(44(50)65)22-28-8-4-3-5-9-28/h3-15,26,34-39,51,59H,16-25,27H2,1-2H3,(H2,50,65)(H,52,66)(H,53,60)(H,54,61)(H,55,68)(H,56,69)(H,57,70)(H,58,67)(H,62,63)(H,71,72,73)/t34-,35-,36-,37-,38-,39-/m0/s1. The number of thioether (sulfide) groups is 2. The van der Waals surface area contributed by atoms with E-state index in [4.69, 9.17) is 15.4 Å². The Morgan fingerprint density at radius 2 is 1.12 bits per heavy atom. The third-order valence-electron chi connectivity index (χ3n) is 11.4. The molecule has 0 saturated heterocycles. The lowest BCUT2D eigenvalue weighted by Crippen LogP contribution is -2.59. The van der Waals surface area contributed by atoms with E-state index in [0.717, 1.165) is 0 Å². The predicted molar refractivity (Wildman–Crippen MR) is 283 cm³/mol. The zero-order valence-corrected chi connectivity index (χ0v) is 44.2. The Morgan fingerprint density at radius 3 is 1.71 bits per heavy atom. The molecule has 0 spiro atoms. The van der Waals surface area contributed by atoms with Gasteiger partial charge >= 0.3 is 22.3 Å². The third-order valence-corrected chi connectivity index (χ3v) is 13.1. The van der Waals surface area contributed by atoms with Crippen LogP contribution in [0.15, 0.2) is 85.1 Å². The number of phenols is 1. The molecule has 13 N–H and O–H groups in total. The molecular weight excluding hydrogens is 1070 g/mol. The highest BCUT2D eigenvalue weighted by molar-refractivity contribution is 7.98. The minimum atomic E-state index is -5.38. The van der Waals surface area contributed by atoms with Crippen molar-refractivity contribution >= 4 is 104 Å². The lowest BCUT2D eigenvalue weighted by molar-refractivity contribution is -0.140. The molecule has 0 aliphatic carbocycles. The first kappa shape index (κ1) is 61.9. The van der Waals surface area contributed by atoms with E-state index in [-0.39, 0.29) is 43.6 Å². The summed E-state index contributed by atoms with van der Waals surface area (Å²) >= 11 is 2.61. The van der Waals surface area contributed by atoms with Gasteiger partial charge in [0.1, 0.15) is 42.0 Å². The Labute approximate surface area is 451 Å². The van der Waals surface area contributed by atoms with Crippen LogP contribution in [0.3, 0.4) is 0 Å². The Kier molecular flexibility index (Phi) is 24.7. The topological polar surface area (TPSA) is 401 Å². The van der Waals surface area contributed by atoms with Gasteiger partial charge in [0.25, 0.3) is 0 Å². The fourth-order valence-electron chi connectivity index (χ4n) is 7.53. The van der Waals surface area contributed by atoms with Gasteiger partial charge in [0.15, 0.2) is 0 Å². The fraction of sp³-hybridized carbons (Fsp3) is 0.388. The first-order valence-electron chi connectivity index (χ1n) is 23.7. The number of aromatic hydroxyl groups is 1. The number of nitrogens with one attached hydrogen (secondary N) is 8. The molecule has 0 radical (unpaired) electrons. The van der Waals surface area contributed by atoms with Crippen LogP contribution in [0.1, 0.15) is 48.8 Å². The number of benzene rings is 3. The van der Waals surface area contributed by atoms with Crippen LogP contribution in [-0.2, 0) is 81.8 Å². The molecule has 3 aromatic carbocycles. The summed E-state index contributed by atoms with van der Waals surface area (Å²) in [6.07, 6.45) is 2.39. The van der Waals surface area contributed by atoms with E-state index in [1.54, 1.807) is 73.3 Å². The molecule has 4 rings (SSSR count). The molecule has 0 aliphatic heterocycles. The van der Waals surface area contributed by atoms with Gasteiger partial charge < -0.3 is 62.3 Å². The number of aromatic nitrogens is 1. The molecule has 25 nitrogen and oxygen atoms in total. The molecule has 28 heteroatoms. The summed E-state index contributed by atoms with van der Waals surface area (Å²) in [7, 11) is -5.38. The number of primary amides is 1. The summed E-state index contributed by atoms with van der Waals surface area (Å²) in [4.78, 5) is 136. The van der Waals surface area contributed by atoms with Crippen molar-refractivity contribution in [2.45, 2.75) is 87.6 Å². The number of amides is 8. The van der Waals surface area contributed by atoms with Crippen molar-refractivity contribution in [2.24, 2.45) is 5.73 Å². The number of carboxylic acid groups (broad SMARTS) is 1. The van der Waals surface area contributed by atoms with Crippen LogP contribution < -0.4 is 43.0 Å². The molecule has 77 heavy (non-hydrogen) atoms. The number of carbonyl (C=O) groups excluding carboxylic acids is 9. The number of hydrogen-bond donors (Lipinski definition) is 12. The molecule has 0 unspecified atom stereocenters. The number of phenolic OH excluding ortho intramolecular Hbond substituents is 1. The summed E-state index contributed by atoms with van der Waals surface area (Å²) in [5.74, 6) is -9.93. The molecule has 0 fully saturated rings. The number of aromatic amines is 1. The minimum absolute atomic E-state index is 0.0496. The monoisotopic (exact) mass is 1130 g/mol. The number of aliphatic carboxylic acids is 1. The van der Waals surface area contributed by atoms with Gasteiger partial charge in [-0.3, -0.25) is 52.5 Å². The Bertz CT molecular complexity index is 2840. The predicted octanol–water partition coefficient (Wildman–Crippen LogP) is -0.481. The van der Waals surface area contributed by atoms with Crippen molar-refractivity contribution in [1.82, 2.24) is 42.2 Å². The highest BCUT2D eigenvalue weighted by atomic mass is 32.3. The summed E-state index contributed by atoms with van der Waals surface area (Å²) in [6.45, 7) is -0.742. The first-order chi connectivity index (χ1) is 36.5. The van der Waals surface area contributed by atoms with Crippen LogP contribution >= 0.6 is 23.5 Å². The maximum atomic E-state index is 14.4. The van der Waals surface area contributed by atoms with Gasteiger partial charge in [-0.05, 0) is 71.7 Å². The van der Waals surface area contributed by atoms with Gasteiger partial charge in [-0.25, -0.2) is 0 Å². The SMILES string of the molecule is CSCC[C@H](NC(=O)[C@H](Cc1ccc(O)cc1)NC(=O)CCC(=O)O)C(=O)NCC(=O)N[C@@H](Cc1c[nH]c2ccccc12)C(=O)N[C@@H](CCSC)C(=O)N[C@@H](CC(=O)OS(=O)(=O)O)C(=O)N[C@@H](Cc1ccccc1)C(N)=O. The van der Waals surface area contributed by atoms with E-state index in [2.05, 4.69) is 46.4 Å². The van der Waals surface area contributed by atoms with Gasteiger partial charge in [0.05, 0.1) is 19.4 Å². The van der Waals surface area contributed by atoms with Crippen LogP contribution in [0.25, 0.3) is 10.9 Å². The fourth-order valence-corrected chi connectivity index (χ4v) is 8.77. The van der Waals surface area contributed by atoms with Gasteiger partial charge in [0, 0.05) is 42.8 Å². The summed E-state index contributed by atoms with van der Waals surface area (Å²) in [6, 6.07) is 12.1. The maximum absolute atomic E-state index is 14.4. The molecule has 1 aromatic heterocycles. The van der Waals surface area contributed by atoms with E-state index < -0.39 is 132 Å². The summed E-state index contributed by atoms with van der Waals surface area (Å²) in [5, 5.41) is 36.9. The van der Waals surface area contributed by atoms with Gasteiger partial charge in [-0.2, -0.15) is 31.9 Å². The summed E-state index contributed by atoms with van der Waals surface area (Å²) in [5.41, 5.74) is 7.86. The van der Waals surface area contributed by atoms with Crippen LogP contribution in [0, 0.1) is 0 Å². The Hall–Kier alpha value is -7.69. The highest BCUT2D eigenvalue weighted by Crippen LogP contribution is 2.20. The molecule has 8 amide bonds. The number of nitrogens with two attached hydrogens (primary N) is 1. The summed E-state index contributed by atoms with van der Waals surface area (Å²) < 4.78 is 35.9. The second-order valence-corrected chi connectivity index (χ2v) is 20.3. The molecule has 4 aromatic rings. The Morgan fingerprint density at radius 1 is 0.610 bits per heavy atom. The average Bonchev–Trinajstić information content (AvgIpc) is 3.79. The van der Waals surface area contributed by atoms with Crippen molar-refractivity contribution in [2.75, 3.05) is 30.6 Å². The van der Waals surface area contributed by atoms with E-state index in [1.807, 2.05) is 0 Å². The van der Waals surface area contributed by atoms with Crippen molar-refractivity contribution in [3.8, 4) is 5.75 Å². The van der Waals surface area contributed by atoms with Crippen molar-refractivity contribution in [3.63, 3.8) is 0 Å². The lowest BCUT2D eigenvalue weighted by atomic mass is 10.0. The van der Waals surface area contributed by atoms with Crippen LogP contribution in [-0.4, -0.2) is 154 Å². The van der Waals surface area contributed by atoms with Crippen molar-refractivity contribution in [3.05, 3.63) is 102 Å². The van der Waals surface area contributed by atoms with Crippen LogP contribution in [0.2, 0.25) is 0 Å². The van der Waals surface area contributed by atoms with E-state index >= 15 is 0 Å². The smallest absolute Gasteiger partial charge is 0.448 e.